The molecule has 2 N–H and O–H groups in total. The molecule has 27 heavy (non-hydrogen) atoms. The van der Waals surface area contributed by atoms with Crippen LogP contribution in [0.5, 0.6) is 5.75 Å². The summed E-state index contributed by atoms with van der Waals surface area (Å²) in [6.45, 7) is 4.76. The van der Waals surface area contributed by atoms with Gasteiger partial charge in [0.15, 0.2) is 0 Å². The van der Waals surface area contributed by atoms with Gasteiger partial charge in [0.05, 0.1) is 7.11 Å². The van der Waals surface area contributed by atoms with Crippen LogP contribution in [0.2, 0.25) is 0 Å². The van der Waals surface area contributed by atoms with Gasteiger partial charge in [-0.1, -0.05) is 0 Å². The SMILES string of the molecule is COc1ccc(C(=O)NCCNc2cc(-n3ccnc3C)nc(C)n2)cc1. The summed E-state index contributed by atoms with van der Waals surface area (Å²) in [5.41, 5.74) is 0.589. The van der Waals surface area contributed by atoms with Crippen molar-refractivity contribution in [1.82, 2.24) is 24.8 Å². The lowest BCUT2D eigenvalue weighted by Gasteiger charge is -2.11. The molecule has 0 aliphatic carbocycles. The number of nitrogens with one attached hydrogen (secondary N) is 2. The van der Waals surface area contributed by atoms with Crippen molar-refractivity contribution in [3.05, 3.63) is 59.9 Å². The molecule has 0 saturated heterocycles. The van der Waals surface area contributed by atoms with E-state index in [1.807, 2.05) is 30.7 Å². The number of carbonyl (C=O) groups excluding carboxylic acids is 1. The summed E-state index contributed by atoms with van der Waals surface area (Å²) in [6, 6.07) is 8.84. The fraction of sp³-hybridized carbons (Fsp3) is 0.263. The molecule has 0 fully saturated rings. The zero-order valence-electron chi connectivity index (χ0n) is 15.6. The van der Waals surface area contributed by atoms with Gasteiger partial charge in [-0.05, 0) is 38.1 Å². The average Bonchev–Trinajstić information content (AvgIpc) is 3.10. The number of imidazole rings is 1. The Hall–Kier alpha value is -3.42. The van der Waals surface area contributed by atoms with Crippen molar-refractivity contribution in [2.45, 2.75) is 13.8 Å². The van der Waals surface area contributed by atoms with Crippen molar-refractivity contribution in [1.29, 1.82) is 0 Å². The summed E-state index contributed by atoms with van der Waals surface area (Å²) in [7, 11) is 1.59. The number of aryl methyl sites for hydroxylation is 2. The maximum Gasteiger partial charge on any atom is 0.251 e. The quantitative estimate of drug-likeness (QED) is 0.622. The van der Waals surface area contributed by atoms with Crippen LogP contribution >= 0.6 is 0 Å². The highest BCUT2D eigenvalue weighted by Gasteiger charge is 2.07. The zero-order chi connectivity index (χ0) is 19.2. The summed E-state index contributed by atoms with van der Waals surface area (Å²) < 4.78 is 6.98. The molecule has 140 valence electrons. The van der Waals surface area contributed by atoms with Crippen LogP contribution < -0.4 is 15.4 Å². The molecule has 1 aromatic carbocycles. The molecule has 2 aromatic heterocycles. The highest BCUT2D eigenvalue weighted by Crippen LogP contribution is 2.13. The predicted octanol–water partition coefficient (Wildman–Crippen LogP) is 2.13. The van der Waals surface area contributed by atoms with E-state index in [-0.39, 0.29) is 5.91 Å². The van der Waals surface area contributed by atoms with Crippen LogP contribution in [-0.4, -0.2) is 45.6 Å². The van der Waals surface area contributed by atoms with Gasteiger partial charge < -0.3 is 15.4 Å². The fourth-order valence-electron chi connectivity index (χ4n) is 2.60. The van der Waals surface area contributed by atoms with Crippen LogP contribution in [0.1, 0.15) is 22.0 Å². The van der Waals surface area contributed by atoms with Crippen LogP contribution in [0.4, 0.5) is 5.82 Å². The van der Waals surface area contributed by atoms with Crippen molar-refractivity contribution >= 4 is 11.7 Å². The van der Waals surface area contributed by atoms with E-state index in [0.29, 0.717) is 30.3 Å². The second kappa shape index (κ2) is 8.31. The fourth-order valence-corrected chi connectivity index (χ4v) is 2.60. The Bertz CT molecular complexity index is 920. The molecule has 0 saturated carbocycles. The Morgan fingerprint density at radius 2 is 1.93 bits per heavy atom. The van der Waals surface area contributed by atoms with E-state index in [2.05, 4.69) is 25.6 Å². The van der Waals surface area contributed by atoms with Gasteiger partial charge in [0, 0.05) is 37.1 Å². The van der Waals surface area contributed by atoms with E-state index in [4.69, 9.17) is 4.74 Å². The summed E-state index contributed by atoms with van der Waals surface area (Å²) in [6.07, 6.45) is 3.59. The van der Waals surface area contributed by atoms with Gasteiger partial charge in [-0.25, -0.2) is 15.0 Å². The Kier molecular flexibility index (Phi) is 5.65. The molecule has 0 aliphatic heterocycles. The molecular weight excluding hydrogens is 344 g/mol. The molecule has 8 heteroatoms. The molecular formula is C19H22N6O2. The van der Waals surface area contributed by atoms with Crippen LogP contribution in [0.25, 0.3) is 5.82 Å². The number of anilines is 1. The number of benzene rings is 1. The first-order valence-corrected chi connectivity index (χ1v) is 8.59. The number of carbonyl (C=O) groups is 1. The van der Waals surface area contributed by atoms with Crippen molar-refractivity contribution in [3.8, 4) is 11.6 Å². The van der Waals surface area contributed by atoms with Crippen LogP contribution in [-0.2, 0) is 0 Å². The molecule has 0 atom stereocenters. The van der Waals surface area contributed by atoms with E-state index in [1.165, 1.54) is 0 Å². The monoisotopic (exact) mass is 366 g/mol. The largest absolute Gasteiger partial charge is 0.497 e. The smallest absolute Gasteiger partial charge is 0.251 e. The highest BCUT2D eigenvalue weighted by atomic mass is 16.5. The number of rotatable bonds is 7. The van der Waals surface area contributed by atoms with Crippen LogP contribution in [0, 0.1) is 13.8 Å². The number of nitrogens with zero attached hydrogens (tertiary/aromatic N) is 4. The minimum absolute atomic E-state index is 0.131. The van der Waals surface area contributed by atoms with Crippen molar-refractivity contribution in [2.75, 3.05) is 25.5 Å². The molecule has 0 aliphatic rings. The predicted molar refractivity (Wildman–Crippen MR) is 102 cm³/mol. The Labute approximate surface area is 157 Å². The lowest BCUT2D eigenvalue weighted by atomic mass is 10.2. The second-order valence-corrected chi connectivity index (χ2v) is 5.91. The van der Waals surface area contributed by atoms with Gasteiger partial charge in [0.1, 0.15) is 29.0 Å². The molecule has 2 heterocycles. The van der Waals surface area contributed by atoms with E-state index in [1.54, 1.807) is 37.6 Å². The number of aromatic nitrogens is 4. The number of amides is 1. The molecule has 0 bridgehead atoms. The van der Waals surface area contributed by atoms with Crippen molar-refractivity contribution in [2.24, 2.45) is 0 Å². The van der Waals surface area contributed by atoms with E-state index in [0.717, 1.165) is 17.4 Å². The molecule has 0 unspecified atom stereocenters. The summed E-state index contributed by atoms with van der Waals surface area (Å²) in [5.74, 6) is 3.55. The van der Waals surface area contributed by atoms with Gasteiger partial charge in [0.2, 0.25) is 0 Å². The summed E-state index contributed by atoms with van der Waals surface area (Å²) in [5, 5.41) is 6.08. The van der Waals surface area contributed by atoms with Gasteiger partial charge >= 0.3 is 0 Å². The zero-order valence-corrected chi connectivity index (χ0v) is 15.6. The third-order valence-corrected chi connectivity index (χ3v) is 3.97. The normalized spacial score (nSPS) is 10.5. The number of ether oxygens (including phenoxy) is 1. The molecule has 0 radical (unpaired) electrons. The van der Waals surface area contributed by atoms with Gasteiger partial charge in [-0.2, -0.15) is 0 Å². The number of hydrogen-bond acceptors (Lipinski definition) is 6. The third kappa shape index (κ3) is 4.60. The van der Waals surface area contributed by atoms with Crippen molar-refractivity contribution < 1.29 is 9.53 Å². The molecule has 3 aromatic rings. The first-order chi connectivity index (χ1) is 13.1. The van der Waals surface area contributed by atoms with E-state index in [9.17, 15) is 4.79 Å². The number of methoxy groups -OCH3 is 1. The van der Waals surface area contributed by atoms with Gasteiger partial charge in [-0.15, -0.1) is 0 Å². The van der Waals surface area contributed by atoms with E-state index >= 15 is 0 Å². The minimum atomic E-state index is -0.131. The molecule has 3 rings (SSSR count). The summed E-state index contributed by atoms with van der Waals surface area (Å²) in [4.78, 5) is 25.2. The highest BCUT2D eigenvalue weighted by molar-refractivity contribution is 5.94. The maximum absolute atomic E-state index is 12.1. The standard InChI is InChI=1S/C19H22N6O2/c1-13-23-17(12-18(24-13)25-11-10-20-14(25)2)21-8-9-22-19(26)15-4-6-16(27-3)7-5-15/h4-7,10-12H,8-9H2,1-3H3,(H,22,26)(H,21,23,24). The Morgan fingerprint density at radius 3 is 2.59 bits per heavy atom. The third-order valence-electron chi connectivity index (χ3n) is 3.97. The average molecular weight is 366 g/mol. The topological polar surface area (TPSA) is 94.0 Å². The molecule has 0 spiro atoms. The van der Waals surface area contributed by atoms with E-state index < -0.39 is 0 Å². The Morgan fingerprint density at radius 1 is 1.15 bits per heavy atom. The van der Waals surface area contributed by atoms with Crippen molar-refractivity contribution in [3.63, 3.8) is 0 Å². The molecule has 8 nitrogen and oxygen atoms in total. The summed E-state index contributed by atoms with van der Waals surface area (Å²) >= 11 is 0. The lowest BCUT2D eigenvalue weighted by Crippen LogP contribution is -2.28. The minimum Gasteiger partial charge on any atom is -0.497 e. The molecule has 1 amide bonds. The maximum atomic E-state index is 12.1. The first kappa shape index (κ1) is 18.4. The first-order valence-electron chi connectivity index (χ1n) is 8.59. The number of hydrogen-bond donors (Lipinski definition) is 2. The lowest BCUT2D eigenvalue weighted by molar-refractivity contribution is 0.0955. The van der Waals surface area contributed by atoms with Crippen LogP contribution in [0.15, 0.2) is 42.7 Å². The van der Waals surface area contributed by atoms with Crippen LogP contribution in [0.3, 0.4) is 0 Å². The van der Waals surface area contributed by atoms with Gasteiger partial charge in [-0.3, -0.25) is 9.36 Å². The Balaban J connectivity index is 1.55. The second-order valence-electron chi connectivity index (χ2n) is 5.91. The van der Waals surface area contributed by atoms with Gasteiger partial charge in [0.25, 0.3) is 5.91 Å².